The Hall–Kier alpha value is -1.44. The van der Waals surface area contributed by atoms with Crippen LogP contribution in [0.25, 0.3) is 6.08 Å². The quantitative estimate of drug-likeness (QED) is 0.643. The maximum atomic E-state index is 13.1. The van der Waals surface area contributed by atoms with Crippen LogP contribution < -0.4 is 0 Å². The van der Waals surface area contributed by atoms with Gasteiger partial charge in [0.1, 0.15) is 10.1 Å². The van der Waals surface area contributed by atoms with Gasteiger partial charge in [-0.25, -0.2) is 4.39 Å². The molecule has 116 valence electrons. The first kappa shape index (κ1) is 16.9. The van der Waals surface area contributed by atoms with E-state index in [4.69, 9.17) is 28.9 Å². The van der Waals surface area contributed by atoms with Crippen molar-refractivity contribution in [3.05, 3.63) is 39.5 Å². The highest BCUT2D eigenvalue weighted by Crippen LogP contribution is 2.33. The van der Waals surface area contributed by atoms with Crippen molar-refractivity contribution >= 4 is 57.9 Å². The molecule has 1 amide bonds. The molecule has 0 spiro atoms. The number of aliphatic carboxylic acids is 1. The molecule has 1 aliphatic heterocycles. The molecule has 22 heavy (non-hydrogen) atoms. The second kappa shape index (κ2) is 7.21. The molecule has 1 aliphatic rings. The lowest BCUT2D eigenvalue weighted by Gasteiger charge is -2.13. The topological polar surface area (TPSA) is 57.6 Å². The van der Waals surface area contributed by atoms with Crippen molar-refractivity contribution in [2.75, 3.05) is 6.54 Å². The monoisotopic (exact) mass is 359 g/mol. The van der Waals surface area contributed by atoms with Gasteiger partial charge in [0.15, 0.2) is 0 Å². The van der Waals surface area contributed by atoms with Crippen LogP contribution in [0.1, 0.15) is 18.4 Å². The summed E-state index contributed by atoms with van der Waals surface area (Å²) in [6.45, 7) is 0.262. The molecule has 0 saturated carbocycles. The summed E-state index contributed by atoms with van der Waals surface area (Å²) >= 11 is 12.0. The van der Waals surface area contributed by atoms with E-state index in [1.54, 1.807) is 6.08 Å². The summed E-state index contributed by atoms with van der Waals surface area (Å²) < 4.78 is 13.5. The molecule has 0 bridgehead atoms. The summed E-state index contributed by atoms with van der Waals surface area (Å²) in [5.74, 6) is -1.72. The van der Waals surface area contributed by atoms with Crippen molar-refractivity contribution in [2.45, 2.75) is 12.8 Å². The lowest BCUT2D eigenvalue weighted by atomic mass is 10.2. The standard InChI is InChI=1S/C14H11ClFNO3S2/c15-9-6-8(3-4-10(9)16)7-11-13(20)17(14(21)22-11)5-1-2-12(18)19/h3-4,6-7H,1-2,5H2,(H,18,19). The third-order valence-corrected chi connectivity index (χ3v) is 4.55. The van der Waals surface area contributed by atoms with Gasteiger partial charge in [-0.2, -0.15) is 0 Å². The van der Waals surface area contributed by atoms with Crippen LogP contribution in [0.15, 0.2) is 23.1 Å². The van der Waals surface area contributed by atoms with Gasteiger partial charge in [0, 0.05) is 13.0 Å². The number of hydrogen-bond acceptors (Lipinski definition) is 4. The van der Waals surface area contributed by atoms with Crippen LogP contribution in [0.4, 0.5) is 4.39 Å². The first-order valence-electron chi connectivity index (χ1n) is 6.30. The summed E-state index contributed by atoms with van der Waals surface area (Å²) in [6.07, 6.45) is 1.89. The zero-order valence-corrected chi connectivity index (χ0v) is 13.6. The predicted molar refractivity (Wildman–Crippen MR) is 88.2 cm³/mol. The van der Waals surface area contributed by atoms with E-state index in [2.05, 4.69) is 0 Å². The molecule has 1 aromatic carbocycles. The molecule has 1 fully saturated rings. The molecule has 8 heteroatoms. The smallest absolute Gasteiger partial charge is 0.303 e. The van der Waals surface area contributed by atoms with Gasteiger partial charge in [-0.1, -0.05) is 41.6 Å². The molecule has 1 aromatic rings. The Morgan fingerprint density at radius 3 is 2.86 bits per heavy atom. The number of thioether (sulfide) groups is 1. The molecular formula is C14H11ClFNO3S2. The molecular weight excluding hydrogens is 349 g/mol. The van der Waals surface area contributed by atoms with Crippen molar-refractivity contribution < 1.29 is 19.1 Å². The minimum atomic E-state index is -0.915. The van der Waals surface area contributed by atoms with Gasteiger partial charge in [0.2, 0.25) is 0 Å². The highest BCUT2D eigenvalue weighted by atomic mass is 35.5. The normalized spacial score (nSPS) is 16.6. The van der Waals surface area contributed by atoms with Gasteiger partial charge in [-0.3, -0.25) is 14.5 Å². The molecule has 1 saturated heterocycles. The van der Waals surface area contributed by atoms with E-state index in [9.17, 15) is 14.0 Å². The molecule has 1 heterocycles. The second-order valence-corrected chi connectivity index (χ2v) is 6.59. The zero-order valence-electron chi connectivity index (χ0n) is 11.2. The highest BCUT2D eigenvalue weighted by molar-refractivity contribution is 8.26. The largest absolute Gasteiger partial charge is 0.481 e. The third-order valence-electron chi connectivity index (χ3n) is 2.89. The number of hydrogen-bond donors (Lipinski definition) is 1. The van der Waals surface area contributed by atoms with E-state index in [0.717, 1.165) is 11.8 Å². The summed E-state index contributed by atoms with van der Waals surface area (Å²) in [7, 11) is 0. The van der Waals surface area contributed by atoms with Gasteiger partial charge in [-0.05, 0) is 30.2 Å². The number of thiocarbonyl (C=S) groups is 1. The predicted octanol–water partition coefficient (Wildman–Crippen LogP) is 3.55. The average Bonchev–Trinajstić information content (AvgIpc) is 2.70. The number of benzene rings is 1. The first-order valence-corrected chi connectivity index (χ1v) is 7.91. The summed E-state index contributed by atoms with van der Waals surface area (Å²) in [6, 6.07) is 4.16. The fourth-order valence-electron chi connectivity index (χ4n) is 1.83. The van der Waals surface area contributed by atoms with Crippen LogP contribution in [0.3, 0.4) is 0 Å². The van der Waals surface area contributed by atoms with Gasteiger partial charge in [0.05, 0.1) is 9.93 Å². The van der Waals surface area contributed by atoms with E-state index in [1.165, 1.54) is 23.1 Å². The van der Waals surface area contributed by atoms with E-state index >= 15 is 0 Å². The number of carbonyl (C=O) groups is 2. The maximum Gasteiger partial charge on any atom is 0.303 e. The molecule has 0 aromatic heterocycles. The third kappa shape index (κ3) is 4.06. The molecule has 2 rings (SSSR count). The molecule has 0 atom stereocenters. The van der Waals surface area contributed by atoms with Gasteiger partial charge in [0.25, 0.3) is 5.91 Å². The Bertz CT molecular complexity index is 678. The fraction of sp³-hybridized carbons (Fsp3) is 0.214. The van der Waals surface area contributed by atoms with Crippen molar-refractivity contribution in [3.63, 3.8) is 0 Å². The number of rotatable bonds is 5. The van der Waals surface area contributed by atoms with E-state index in [-0.39, 0.29) is 23.9 Å². The van der Waals surface area contributed by atoms with Gasteiger partial charge in [-0.15, -0.1) is 0 Å². The van der Waals surface area contributed by atoms with Crippen molar-refractivity contribution in [1.82, 2.24) is 4.90 Å². The van der Waals surface area contributed by atoms with Crippen LogP contribution >= 0.6 is 35.6 Å². The summed E-state index contributed by atoms with van der Waals surface area (Å²) in [5, 5.41) is 8.60. The maximum absolute atomic E-state index is 13.1. The lowest BCUT2D eigenvalue weighted by Crippen LogP contribution is -2.29. The number of carboxylic acid groups (broad SMARTS) is 1. The van der Waals surface area contributed by atoms with Crippen LogP contribution in [0.5, 0.6) is 0 Å². The first-order chi connectivity index (χ1) is 10.4. The van der Waals surface area contributed by atoms with Crippen molar-refractivity contribution in [1.29, 1.82) is 0 Å². The molecule has 0 unspecified atom stereocenters. The van der Waals surface area contributed by atoms with E-state index in [0.29, 0.717) is 21.2 Å². The van der Waals surface area contributed by atoms with Crippen LogP contribution in [0.2, 0.25) is 5.02 Å². The number of carboxylic acids is 1. The number of amides is 1. The van der Waals surface area contributed by atoms with Crippen molar-refractivity contribution in [2.24, 2.45) is 0 Å². The minimum absolute atomic E-state index is 0.0225. The Labute approximate surface area is 140 Å². The average molecular weight is 360 g/mol. The number of halogens is 2. The van der Waals surface area contributed by atoms with Crippen LogP contribution in [-0.2, 0) is 9.59 Å². The van der Waals surface area contributed by atoms with E-state index in [1.807, 2.05) is 0 Å². The Balaban J connectivity index is 2.11. The Kier molecular flexibility index (Phi) is 5.55. The molecule has 0 radical (unpaired) electrons. The molecule has 0 aliphatic carbocycles. The Morgan fingerprint density at radius 1 is 1.50 bits per heavy atom. The highest BCUT2D eigenvalue weighted by Gasteiger charge is 2.31. The van der Waals surface area contributed by atoms with E-state index < -0.39 is 11.8 Å². The molecule has 4 nitrogen and oxygen atoms in total. The summed E-state index contributed by atoms with van der Waals surface area (Å²) in [4.78, 5) is 24.5. The van der Waals surface area contributed by atoms with Crippen molar-refractivity contribution in [3.8, 4) is 0 Å². The zero-order chi connectivity index (χ0) is 16.3. The number of carbonyl (C=O) groups excluding carboxylic acids is 1. The number of nitrogens with zero attached hydrogens (tertiary/aromatic N) is 1. The van der Waals surface area contributed by atoms with Crippen LogP contribution in [0, 0.1) is 5.82 Å². The van der Waals surface area contributed by atoms with Gasteiger partial charge < -0.3 is 5.11 Å². The lowest BCUT2D eigenvalue weighted by molar-refractivity contribution is -0.137. The second-order valence-electron chi connectivity index (χ2n) is 4.50. The van der Waals surface area contributed by atoms with Gasteiger partial charge >= 0.3 is 5.97 Å². The summed E-state index contributed by atoms with van der Waals surface area (Å²) in [5.41, 5.74) is 0.595. The Morgan fingerprint density at radius 2 is 2.23 bits per heavy atom. The minimum Gasteiger partial charge on any atom is -0.481 e. The fourth-order valence-corrected chi connectivity index (χ4v) is 3.33. The van der Waals surface area contributed by atoms with Crippen LogP contribution in [-0.4, -0.2) is 32.7 Å². The SMILES string of the molecule is O=C(O)CCCN1C(=O)C(=Cc2ccc(F)c(Cl)c2)SC1=S. The molecule has 1 N–H and O–H groups in total.